The van der Waals surface area contributed by atoms with Crippen LogP contribution in [0.3, 0.4) is 0 Å². The van der Waals surface area contributed by atoms with E-state index in [0.717, 1.165) is 11.5 Å². The van der Waals surface area contributed by atoms with Crippen LogP contribution in [0.5, 0.6) is 17.4 Å². The van der Waals surface area contributed by atoms with Gasteiger partial charge in [-0.15, -0.1) is 0 Å². The summed E-state index contributed by atoms with van der Waals surface area (Å²) in [6.07, 6.45) is 2.29. The lowest BCUT2D eigenvalue weighted by molar-refractivity contribution is 0.314. The molecule has 5 heteroatoms. The highest BCUT2D eigenvalue weighted by Crippen LogP contribution is 2.18. The van der Waals surface area contributed by atoms with Crippen molar-refractivity contribution in [2.45, 2.75) is 6.42 Å². The average molecular weight is 260 g/mol. The topological polar surface area (TPSA) is 53.5 Å². The number of benzene rings is 1. The molecule has 2 rings (SSSR count). The summed E-state index contributed by atoms with van der Waals surface area (Å²) in [5, 5.41) is 0. The van der Waals surface area contributed by atoms with Crippen LogP contribution in [-0.4, -0.2) is 30.8 Å². The van der Waals surface area contributed by atoms with E-state index in [1.165, 1.54) is 0 Å². The molecule has 100 valence electrons. The number of aromatic nitrogens is 2. The van der Waals surface area contributed by atoms with E-state index in [4.69, 9.17) is 14.2 Å². The van der Waals surface area contributed by atoms with E-state index >= 15 is 0 Å². The van der Waals surface area contributed by atoms with Gasteiger partial charge in [-0.2, -0.15) is 4.98 Å². The molecule has 0 unspecified atom stereocenters. The van der Waals surface area contributed by atoms with Crippen LogP contribution in [0.25, 0.3) is 0 Å². The average Bonchev–Trinajstić information content (AvgIpc) is 2.48. The first-order valence-electron chi connectivity index (χ1n) is 5.94. The Morgan fingerprint density at radius 2 is 1.89 bits per heavy atom. The largest absolute Gasteiger partial charge is 0.497 e. The lowest BCUT2D eigenvalue weighted by atomic mass is 10.3. The van der Waals surface area contributed by atoms with Gasteiger partial charge in [-0.3, -0.25) is 0 Å². The van der Waals surface area contributed by atoms with Gasteiger partial charge in [-0.1, -0.05) is 6.07 Å². The van der Waals surface area contributed by atoms with Crippen molar-refractivity contribution in [1.29, 1.82) is 0 Å². The molecule has 1 heterocycles. The van der Waals surface area contributed by atoms with Gasteiger partial charge in [0, 0.05) is 24.8 Å². The second-order valence-electron chi connectivity index (χ2n) is 3.79. The van der Waals surface area contributed by atoms with Gasteiger partial charge in [0.05, 0.1) is 20.8 Å². The minimum atomic E-state index is 0.500. The third-order valence-corrected chi connectivity index (χ3v) is 2.52. The number of ether oxygens (including phenoxy) is 3. The van der Waals surface area contributed by atoms with Crippen LogP contribution in [0.4, 0.5) is 0 Å². The van der Waals surface area contributed by atoms with Crippen LogP contribution in [0.1, 0.15) is 5.82 Å². The molecule has 0 atom stereocenters. The molecule has 5 nitrogen and oxygen atoms in total. The van der Waals surface area contributed by atoms with Gasteiger partial charge in [-0.05, 0) is 12.1 Å². The van der Waals surface area contributed by atoms with Crippen molar-refractivity contribution in [1.82, 2.24) is 9.97 Å². The third-order valence-electron chi connectivity index (χ3n) is 2.52. The highest BCUT2D eigenvalue weighted by Gasteiger charge is 2.01. The molecule has 0 N–H and O–H groups in total. The van der Waals surface area contributed by atoms with Crippen molar-refractivity contribution in [3.63, 3.8) is 0 Å². The molecule has 0 amide bonds. The number of nitrogens with zero attached hydrogens (tertiary/aromatic N) is 2. The third kappa shape index (κ3) is 3.84. The molecular formula is C14H16N2O3. The summed E-state index contributed by atoms with van der Waals surface area (Å²) in [7, 11) is 3.21. The Balaban J connectivity index is 1.88. The monoisotopic (exact) mass is 260 g/mol. The first-order valence-corrected chi connectivity index (χ1v) is 5.94. The molecule has 19 heavy (non-hydrogen) atoms. The molecule has 1 aromatic carbocycles. The van der Waals surface area contributed by atoms with E-state index in [1.807, 2.05) is 24.3 Å². The molecule has 0 aliphatic heterocycles. The van der Waals surface area contributed by atoms with Crippen LogP contribution in [0, 0.1) is 0 Å². The second-order valence-corrected chi connectivity index (χ2v) is 3.79. The van der Waals surface area contributed by atoms with Gasteiger partial charge in [0.25, 0.3) is 0 Å². The highest BCUT2D eigenvalue weighted by molar-refractivity contribution is 5.32. The predicted octanol–water partition coefficient (Wildman–Crippen LogP) is 2.12. The Bertz CT molecular complexity index is 484. The van der Waals surface area contributed by atoms with Gasteiger partial charge >= 0.3 is 0 Å². The van der Waals surface area contributed by atoms with Gasteiger partial charge in [0.15, 0.2) is 0 Å². The zero-order chi connectivity index (χ0) is 13.5. The van der Waals surface area contributed by atoms with Crippen molar-refractivity contribution in [3.05, 3.63) is 42.4 Å². The van der Waals surface area contributed by atoms with Gasteiger partial charge in [-0.25, -0.2) is 4.98 Å². The van der Waals surface area contributed by atoms with E-state index in [2.05, 4.69) is 9.97 Å². The fourth-order valence-electron chi connectivity index (χ4n) is 1.57. The molecule has 2 aromatic rings. The van der Waals surface area contributed by atoms with Gasteiger partial charge < -0.3 is 14.2 Å². The van der Waals surface area contributed by atoms with E-state index in [-0.39, 0.29) is 0 Å². The lowest BCUT2D eigenvalue weighted by Crippen LogP contribution is -2.05. The Morgan fingerprint density at radius 3 is 2.68 bits per heavy atom. The molecule has 1 aromatic heterocycles. The zero-order valence-corrected chi connectivity index (χ0v) is 11.0. The van der Waals surface area contributed by atoms with Crippen LogP contribution >= 0.6 is 0 Å². The summed E-state index contributed by atoms with van der Waals surface area (Å²) in [5.41, 5.74) is 0. The van der Waals surface area contributed by atoms with Crippen molar-refractivity contribution < 1.29 is 14.2 Å². The highest BCUT2D eigenvalue weighted by atomic mass is 16.5. The molecular weight excluding hydrogens is 244 g/mol. The zero-order valence-electron chi connectivity index (χ0n) is 11.0. The molecule has 0 radical (unpaired) electrons. The van der Waals surface area contributed by atoms with Crippen LogP contribution in [-0.2, 0) is 6.42 Å². The van der Waals surface area contributed by atoms with Crippen LogP contribution < -0.4 is 14.2 Å². The van der Waals surface area contributed by atoms with Crippen molar-refractivity contribution in [2.75, 3.05) is 20.8 Å². The number of hydrogen-bond acceptors (Lipinski definition) is 5. The van der Waals surface area contributed by atoms with E-state index in [0.29, 0.717) is 24.7 Å². The molecule has 0 saturated carbocycles. The van der Waals surface area contributed by atoms with Crippen molar-refractivity contribution in [3.8, 4) is 17.4 Å². The van der Waals surface area contributed by atoms with Crippen molar-refractivity contribution >= 4 is 0 Å². The fourth-order valence-corrected chi connectivity index (χ4v) is 1.57. The Labute approximate surface area is 112 Å². The summed E-state index contributed by atoms with van der Waals surface area (Å²) in [5.74, 6) is 2.80. The van der Waals surface area contributed by atoms with Gasteiger partial charge in [0.2, 0.25) is 5.88 Å². The Hall–Kier alpha value is -2.30. The maximum atomic E-state index is 5.63. The minimum absolute atomic E-state index is 0.500. The summed E-state index contributed by atoms with van der Waals surface area (Å²) in [4.78, 5) is 8.37. The molecule has 0 fully saturated rings. The SMILES string of the molecule is COc1cccc(OCCc2nccc(OC)n2)c1. The molecule has 0 spiro atoms. The Morgan fingerprint density at radius 1 is 1.05 bits per heavy atom. The van der Waals surface area contributed by atoms with Crippen LogP contribution in [0.15, 0.2) is 36.5 Å². The number of rotatable bonds is 6. The standard InChI is InChI=1S/C14H16N2O3/c1-17-11-4-3-5-12(10-11)19-9-7-13-15-8-6-14(16-13)18-2/h3-6,8,10H,7,9H2,1-2H3. The van der Waals surface area contributed by atoms with Crippen LogP contribution in [0.2, 0.25) is 0 Å². The summed E-state index contributed by atoms with van der Waals surface area (Å²) < 4.78 is 15.8. The summed E-state index contributed by atoms with van der Waals surface area (Å²) >= 11 is 0. The summed E-state index contributed by atoms with van der Waals surface area (Å²) in [6, 6.07) is 9.20. The maximum absolute atomic E-state index is 5.63. The quantitative estimate of drug-likeness (QED) is 0.796. The molecule has 0 bridgehead atoms. The minimum Gasteiger partial charge on any atom is -0.497 e. The lowest BCUT2D eigenvalue weighted by Gasteiger charge is -2.07. The van der Waals surface area contributed by atoms with Gasteiger partial charge in [0.1, 0.15) is 17.3 Å². The van der Waals surface area contributed by atoms with Crippen molar-refractivity contribution in [2.24, 2.45) is 0 Å². The number of hydrogen-bond donors (Lipinski definition) is 0. The predicted molar refractivity (Wildman–Crippen MR) is 70.8 cm³/mol. The molecule has 0 aliphatic rings. The molecule has 0 saturated heterocycles. The maximum Gasteiger partial charge on any atom is 0.216 e. The first kappa shape index (κ1) is 13.1. The summed E-state index contributed by atoms with van der Waals surface area (Å²) in [6.45, 7) is 0.500. The molecule has 0 aliphatic carbocycles. The smallest absolute Gasteiger partial charge is 0.216 e. The first-order chi connectivity index (χ1) is 9.31. The van der Waals surface area contributed by atoms with E-state index in [1.54, 1.807) is 26.5 Å². The fraction of sp³-hybridized carbons (Fsp3) is 0.286. The van der Waals surface area contributed by atoms with E-state index < -0.39 is 0 Å². The van der Waals surface area contributed by atoms with E-state index in [9.17, 15) is 0 Å². The normalized spacial score (nSPS) is 10.0. The second kappa shape index (κ2) is 6.58. The number of methoxy groups -OCH3 is 2. The Kier molecular flexibility index (Phi) is 4.55.